The van der Waals surface area contributed by atoms with Crippen molar-refractivity contribution in [2.24, 2.45) is 0 Å². The molecule has 2 aromatic heterocycles. The summed E-state index contributed by atoms with van der Waals surface area (Å²) < 4.78 is 10.7. The van der Waals surface area contributed by atoms with E-state index in [0.717, 1.165) is 5.56 Å². The van der Waals surface area contributed by atoms with E-state index in [2.05, 4.69) is 25.9 Å². The van der Waals surface area contributed by atoms with E-state index in [1.54, 1.807) is 54.9 Å². The molecule has 0 fully saturated rings. The first-order valence-electron chi connectivity index (χ1n) is 11.5. The molecule has 4 aromatic rings. The molecule has 4 N–H and O–H groups in total. The Labute approximate surface area is 213 Å². The van der Waals surface area contributed by atoms with Crippen LogP contribution in [0.3, 0.4) is 0 Å². The van der Waals surface area contributed by atoms with Crippen LogP contribution in [0.25, 0.3) is 11.3 Å². The first kappa shape index (κ1) is 25.2. The maximum atomic E-state index is 12.6. The average molecular weight is 502 g/mol. The lowest BCUT2D eigenvalue weighted by Gasteiger charge is -2.26. The Hall–Kier alpha value is -4.86. The van der Waals surface area contributed by atoms with Crippen molar-refractivity contribution in [3.63, 3.8) is 0 Å². The number of carbonyl (C=O) groups is 3. The number of aromatic nitrogens is 2. The highest BCUT2D eigenvalue weighted by Crippen LogP contribution is 2.32. The number of benzene rings is 2. The van der Waals surface area contributed by atoms with E-state index in [1.165, 1.54) is 13.5 Å². The van der Waals surface area contributed by atoms with E-state index in [9.17, 15) is 14.4 Å². The molecule has 3 amide bonds. The highest BCUT2D eigenvalue weighted by Gasteiger charge is 2.25. The topological polar surface area (TPSA) is 138 Å². The van der Waals surface area contributed by atoms with Gasteiger partial charge in [-0.05, 0) is 62.2 Å². The molecule has 0 aliphatic rings. The van der Waals surface area contributed by atoms with E-state index < -0.39 is 17.4 Å². The molecule has 0 aliphatic carbocycles. The van der Waals surface area contributed by atoms with Crippen molar-refractivity contribution in [3.8, 4) is 17.1 Å². The molecule has 0 saturated carbocycles. The Bertz CT molecular complexity index is 1380. The van der Waals surface area contributed by atoms with Crippen LogP contribution in [-0.4, -0.2) is 40.3 Å². The fourth-order valence-corrected chi connectivity index (χ4v) is 3.80. The summed E-state index contributed by atoms with van der Waals surface area (Å²) in [5.41, 5.74) is 2.40. The highest BCUT2D eigenvalue weighted by atomic mass is 16.5. The van der Waals surface area contributed by atoms with Crippen LogP contribution in [-0.2, 0) is 16.0 Å². The zero-order chi connectivity index (χ0) is 26.4. The summed E-state index contributed by atoms with van der Waals surface area (Å²) in [5, 5.41) is 8.18. The standard InChI is InChI=1S/C27H27N5O5/c1-27(2,14-17-6-8-18(9-7-17)30-24(33)21-5-4-12-29-21)32-26(35)25(34)31-19-10-11-20(22(13-19)36-3)23-15-28-16-37-23/h4-13,15-16,29H,14H2,1-3H3,(H,30,33)(H,31,34)(H,32,35). The Morgan fingerprint density at radius 1 is 1.00 bits per heavy atom. The van der Waals surface area contributed by atoms with Crippen LogP contribution in [0, 0.1) is 0 Å². The van der Waals surface area contributed by atoms with E-state index in [4.69, 9.17) is 9.15 Å². The molecule has 0 saturated heterocycles. The Morgan fingerprint density at radius 3 is 2.41 bits per heavy atom. The minimum Gasteiger partial charge on any atom is -0.496 e. The number of aromatic amines is 1. The minimum absolute atomic E-state index is 0.235. The van der Waals surface area contributed by atoms with Gasteiger partial charge in [-0.3, -0.25) is 14.4 Å². The van der Waals surface area contributed by atoms with Gasteiger partial charge in [0.1, 0.15) is 11.4 Å². The van der Waals surface area contributed by atoms with Crippen LogP contribution >= 0.6 is 0 Å². The Balaban J connectivity index is 1.33. The van der Waals surface area contributed by atoms with Crippen molar-refractivity contribution in [2.75, 3.05) is 17.7 Å². The molecule has 0 radical (unpaired) electrons. The number of hydrogen-bond donors (Lipinski definition) is 4. The normalized spacial score (nSPS) is 11.0. The zero-order valence-corrected chi connectivity index (χ0v) is 20.6. The third-order valence-corrected chi connectivity index (χ3v) is 5.52. The summed E-state index contributed by atoms with van der Waals surface area (Å²) >= 11 is 0. The van der Waals surface area contributed by atoms with Crippen LogP contribution in [0.5, 0.6) is 5.75 Å². The van der Waals surface area contributed by atoms with Gasteiger partial charge in [0.2, 0.25) is 0 Å². The summed E-state index contributed by atoms with van der Waals surface area (Å²) in [6.07, 6.45) is 5.02. The second-order valence-corrected chi connectivity index (χ2v) is 8.98. The third kappa shape index (κ3) is 6.43. The van der Waals surface area contributed by atoms with Gasteiger partial charge < -0.3 is 30.1 Å². The largest absolute Gasteiger partial charge is 0.496 e. The maximum absolute atomic E-state index is 12.6. The molecule has 0 spiro atoms. The van der Waals surface area contributed by atoms with Crippen LogP contribution in [0.2, 0.25) is 0 Å². The number of H-pyrrole nitrogens is 1. The van der Waals surface area contributed by atoms with E-state index in [1.807, 2.05) is 26.0 Å². The van der Waals surface area contributed by atoms with Crippen molar-refractivity contribution < 1.29 is 23.5 Å². The lowest BCUT2D eigenvalue weighted by molar-refractivity contribution is -0.137. The summed E-state index contributed by atoms with van der Waals surface area (Å²) in [4.78, 5) is 44.1. The van der Waals surface area contributed by atoms with E-state index in [0.29, 0.717) is 40.6 Å². The minimum atomic E-state index is -0.801. The number of hydrogen-bond acceptors (Lipinski definition) is 6. The monoisotopic (exact) mass is 501 g/mol. The van der Waals surface area contributed by atoms with Gasteiger partial charge in [-0.25, -0.2) is 4.98 Å². The quantitative estimate of drug-likeness (QED) is 0.269. The molecule has 37 heavy (non-hydrogen) atoms. The number of amides is 3. The highest BCUT2D eigenvalue weighted by molar-refractivity contribution is 6.39. The van der Waals surface area contributed by atoms with Gasteiger partial charge in [-0.15, -0.1) is 0 Å². The number of carbonyl (C=O) groups excluding carboxylic acids is 3. The van der Waals surface area contributed by atoms with Gasteiger partial charge >= 0.3 is 11.8 Å². The molecule has 10 nitrogen and oxygen atoms in total. The molecule has 10 heteroatoms. The second-order valence-electron chi connectivity index (χ2n) is 8.98. The number of methoxy groups -OCH3 is 1. The molecule has 4 rings (SSSR count). The Morgan fingerprint density at radius 2 is 1.76 bits per heavy atom. The molecular weight excluding hydrogens is 474 g/mol. The van der Waals surface area contributed by atoms with E-state index >= 15 is 0 Å². The van der Waals surface area contributed by atoms with Gasteiger partial charge in [0, 0.05) is 29.2 Å². The van der Waals surface area contributed by atoms with Crippen molar-refractivity contribution >= 4 is 29.1 Å². The predicted octanol–water partition coefficient (Wildman–Crippen LogP) is 4.01. The maximum Gasteiger partial charge on any atom is 0.313 e. The predicted molar refractivity (Wildman–Crippen MR) is 138 cm³/mol. The Kier molecular flexibility index (Phi) is 7.38. The molecule has 0 aliphatic heterocycles. The molecule has 190 valence electrons. The number of nitrogens with one attached hydrogen (secondary N) is 4. The summed E-state index contributed by atoms with van der Waals surface area (Å²) in [6.45, 7) is 3.66. The number of nitrogens with zero attached hydrogens (tertiary/aromatic N) is 1. The van der Waals surface area contributed by atoms with Gasteiger partial charge in [0.05, 0.1) is 18.9 Å². The number of ether oxygens (including phenoxy) is 1. The smallest absolute Gasteiger partial charge is 0.313 e. The second kappa shape index (κ2) is 10.8. The summed E-state index contributed by atoms with van der Waals surface area (Å²) in [6, 6.07) is 15.7. The lowest BCUT2D eigenvalue weighted by Crippen LogP contribution is -2.49. The van der Waals surface area contributed by atoms with Gasteiger partial charge in [-0.2, -0.15) is 0 Å². The average Bonchev–Trinajstić information content (AvgIpc) is 3.59. The van der Waals surface area contributed by atoms with Crippen LogP contribution in [0.4, 0.5) is 11.4 Å². The first-order valence-corrected chi connectivity index (χ1v) is 11.5. The van der Waals surface area contributed by atoms with Crippen LogP contribution in [0.15, 0.2) is 77.8 Å². The molecular formula is C27H27N5O5. The molecule has 2 aromatic carbocycles. The fourth-order valence-electron chi connectivity index (χ4n) is 3.80. The lowest BCUT2D eigenvalue weighted by atomic mass is 9.94. The zero-order valence-electron chi connectivity index (χ0n) is 20.6. The molecule has 2 heterocycles. The van der Waals surface area contributed by atoms with Gasteiger partial charge in [-0.1, -0.05) is 12.1 Å². The third-order valence-electron chi connectivity index (χ3n) is 5.52. The SMILES string of the molecule is COc1cc(NC(=O)C(=O)NC(C)(C)Cc2ccc(NC(=O)c3ccc[nH]3)cc2)ccc1-c1cnco1. The van der Waals surface area contributed by atoms with Crippen LogP contribution in [0.1, 0.15) is 29.9 Å². The van der Waals surface area contributed by atoms with Gasteiger partial charge in [0.15, 0.2) is 12.2 Å². The number of anilines is 2. The molecule has 0 bridgehead atoms. The van der Waals surface area contributed by atoms with Crippen molar-refractivity contribution in [1.82, 2.24) is 15.3 Å². The fraction of sp³-hybridized carbons (Fsp3) is 0.185. The van der Waals surface area contributed by atoms with Crippen molar-refractivity contribution in [1.29, 1.82) is 0 Å². The summed E-state index contributed by atoms with van der Waals surface area (Å²) in [7, 11) is 1.50. The van der Waals surface area contributed by atoms with Crippen molar-refractivity contribution in [3.05, 3.63) is 84.6 Å². The van der Waals surface area contributed by atoms with Gasteiger partial charge in [0.25, 0.3) is 5.91 Å². The number of oxazole rings is 1. The van der Waals surface area contributed by atoms with E-state index in [-0.39, 0.29) is 5.91 Å². The molecule has 0 unspecified atom stereocenters. The summed E-state index contributed by atoms with van der Waals surface area (Å²) in [5.74, 6) is -0.822. The molecule has 0 atom stereocenters. The van der Waals surface area contributed by atoms with Crippen molar-refractivity contribution in [2.45, 2.75) is 25.8 Å². The first-order chi connectivity index (χ1) is 17.7. The number of rotatable bonds is 8. The van der Waals surface area contributed by atoms with Crippen LogP contribution < -0.4 is 20.7 Å².